The molecule has 0 aliphatic carbocycles. The molecule has 0 saturated carbocycles. The van der Waals surface area contributed by atoms with Crippen molar-refractivity contribution in [3.05, 3.63) is 64.2 Å². The van der Waals surface area contributed by atoms with Crippen LogP contribution in [0, 0.1) is 13.8 Å². The molecular weight excluding hydrogens is 338 g/mol. The zero-order valence-corrected chi connectivity index (χ0v) is 16.1. The van der Waals surface area contributed by atoms with Gasteiger partial charge < -0.3 is 15.5 Å². The Hall–Kier alpha value is -1.62. The van der Waals surface area contributed by atoms with Gasteiger partial charge >= 0.3 is 0 Å². The molecule has 0 spiro atoms. The summed E-state index contributed by atoms with van der Waals surface area (Å²) in [4.78, 5) is 2.14. The number of aryl methyl sites for hydroxylation is 2. The lowest BCUT2D eigenvalue weighted by atomic mass is 10.1. The first kappa shape index (κ1) is 18.7. The van der Waals surface area contributed by atoms with E-state index in [0.29, 0.717) is 10.1 Å². The largest absolute Gasteiger partial charge is 0.354 e. The SMILES string of the molecule is Cc1cc(C)c(NC(=S)N[C@H](CN(C)C)c2ccccc2)c(Cl)c1. The van der Waals surface area contributed by atoms with Crippen molar-refractivity contribution < 1.29 is 0 Å². The predicted octanol–water partition coefficient (Wildman–Crippen LogP) is 4.55. The third-order valence-electron chi connectivity index (χ3n) is 3.73. The van der Waals surface area contributed by atoms with Crippen LogP contribution >= 0.6 is 23.8 Å². The lowest BCUT2D eigenvalue weighted by molar-refractivity contribution is 0.363. The van der Waals surface area contributed by atoms with Crippen LogP contribution < -0.4 is 10.6 Å². The van der Waals surface area contributed by atoms with Crippen molar-refractivity contribution in [1.82, 2.24) is 10.2 Å². The van der Waals surface area contributed by atoms with E-state index in [2.05, 4.69) is 47.8 Å². The van der Waals surface area contributed by atoms with Gasteiger partial charge in [0.15, 0.2) is 5.11 Å². The molecule has 2 aromatic carbocycles. The summed E-state index contributed by atoms with van der Waals surface area (Å²) < 4.78 is 0. The monoisotopic (exact) mass is 361 g/mol. The van der Waals surface area contributed by atoms with E-state index >= 15 is 0 Å². The Labute approximate surface area is 155 Å². The molecule has 0 bridgehead atoms. The summed E-state index contributed by atoms with van der Waals surface area (Å²) in [6.45, 7) is 4.90. The van der Waals surface area contributed by atoms with Gasteiger partial charge in [0, 0.05) is 6.54 Å². The maximum Gasteiger partial charge on any atom is 0.171 e. The van der Waals surface area contributed by atoms with Gasteiger partial charge in [0.05, 0.1) is 16.8 Å². The molecule has 3 nitrogen and oxygen atoms in total. The Kier molecular flexibility index (Phi) is 6.60. The zero-order valence-electron chi connectivity index (χ0n) is 14.6. The van der Waals surface area contributed by atoms with E-state index in [-0.39, 0.29) is 6.04 Å². The first-order chi connectivity index (χ1) is 11.4. The maximum atomic E-state index is 6.36. The molecule has 128 valence electrons. The molecule has 1 atom stereocenters. The van der Waals surface area contributed by atoms with Gasteiger partial charge in [-0.1, -0.05) is 48.0 Å². The number of nitrogens with one attached hydrogen (secondary N) is 2. The number of likely N-dealkylation sites (N-methyl/N-ethyl adjacent to an activating group) is 1. The lowest BCUT2D eigenvalue weighted by Crippen LogP contribution is -2.37. The minimum atomic E-state index is 0.103. The predicted molar refractivity (Wildman–Crippen MR) is 108 cm³/mol. The van der Waals surface area contributed by atoms with Crippen molar-refractivity contribution in [2.24, 2.45) is 0 Å². The second-order valence-electron chi connectivity index (χ2n) is 6.26. The second kappa shape index (κ2) is 8.47. The highest BCUT2D eigenvalue weighted by atomic mass is 35.5. The van der Waals surface area contributed by atoms with Gasteiger partial charge in [-0.3, -0.25) is 0 Å². The second-order valence-corrected chi connectivity index (χ2v) is 7.08. The van der Waals surface area contributed by atoms with Crippen molar-refractivity contribution >= 4 is 34.6 Å². The number of halogens is 1. The molecular formula is C19H24ClN3S. The minimum absolute atomic E-state index is 0.103. The highest BCUT2D eigenvalue weighted by molar-refractivity contribution is 7.80. The number of rotatable bonds is 5. The van der Waals surface area contributed by atoms with Crippen LogP contribution in [0.2, 0.25) is 5.02 Å². The number of hydrogen-bond acceptors (Lipinski definition) is 2. The molecule has 0 aromatic heterocycles. The Morgan fingerprint density at radius 3 is 2.42 bits per heavy atom. The van der Waals surface area contributed by atoms with Crippen LogP contribution in [0.1, 0.15) is 22.7 Å². The van der Waals surface area contributed by atoms with Crippen molar-refractivity contribution in [2.45, 2.75) is 19.9 Å². The van der Waals surface area contributed by atoms with E-state index < -0.39 is 0 Å². The van der Waals surface area contributed by atoms with E-state index in [4.69, 9.17) is 23.8 Å². The highest BCUT2D eigenvalue weighted by Gasteiger charge is 2.15. The van der Waals surface area contributed by atoms with E-state index in [1.54, 1.807) is 0 Å². The topological polar surface area (TPSA) is 27.3 Å². The zero-order chi connectivity index (χ0) is 17.7. The molecule has 0 saturated heterocycles. The normalized spacial score (nSPS) is 12.1. The lowest BCUT2D eigenvalue weighted by Gasteiger charge is -2.25. The molecule has 0 fully saturated rings. The van der Waals surface area contributed by atoms with E-state index in [1.165, 1.54) is 5.56 Å². The van der Waals surface area contributed by atoms with Crippen molar-refractivity contribution in [3.8, 4) is 0 Å². The maximum absolute atomic E-state index is 6.36. The summed E-state index contributed by atoms with van der Waals surface area (Å²) in [6.07, 6.45) is 0. The summed E-state index contributed by atoms with van der Waals surface area (Å²) >= 11 is 11.9. The Morgan fingerprint density at radius 2 is 1.83 bits per heavy atom. The first-order valence-corrected chi connectivity index (χ1v) is 8.69. The van der Waals surface area contributed by atoms with Crippen molar-refractivity contribution in [3.63, 3.8) is 0 Å². The van der Waals surface area contributed by atoms with Gasteiger partial charge in [0.2, 0.25) is 0 Å². The van der Waals surface area contributed by atoms with Crippen LogP contribution in [0.25, 0.3) is 0 Å². The fourth-order valence-corrected chi connectivity index (χ4v) is 3.28. The average Bonchev–Trinajstić information content (AvgIpc) is 2.50. The van der Waals surface area contributed by atoms with Crippen molar-refractivity contribution in [1.29, 1.82) is 0 Å². The van der Waals surface area contributed by atoms with E-state index in [9.17, 15) is 0 Å². The van der Waals surface area contributed by atoms with Crippen LogP contribution in [-0.2, 0) is 0 Å². The Balaban J connectivity index is 2.14. The van der Waals surface area contributed by atoms with Gasteiger partial charge in [-0.05, 0) is 62.9 Å². The summed E-state index contributed by atoms with van der Waals surface area (Å²) in [5.41, 5.74) is 4.27. The quantitative estimate of drug-likeness (QED) is 0.764. The van der Waals surface area contributed by atoms with Crippen LogP contribution in [0.4, 0.5) is 5.69 Å². The number of anilines is 1. The van der Waals surface area contributed by atoms with Gasteiger partial charge in [-0.25, -0.2) is 0 Å². The van der Waals surface area contributed by atoms with Gasteiger partial charge in [0.1, 0.15) is 0 Å². The summed E-state index contributed by atoms with van der Waals surface area (Å²) in [5, 5.41) is 7.90. The van der Waals surface area contributed by atoms with Crippen LogP contribution in [-0.4, -0.2) is 30.7 Å². The Bertz CT molecular complexity index is 678. The fourth-order valence-electron chi connectivity index (χ4n) is 2.67. The molecule has 2 N–H and O–H groups in total. The van der Waals surface area contributed by atoms with Gasteiger partial charge in [-0.2, -0.15) is 0 Å². The smallest absolute Gasteiger partial charge is 0.171 e. The molecule has 24 heavy (non-hydrogen) atoms. The molecule has 2 rings (SSSR count). The molecule has 5 heteroatoms. The molecule has 0 heterocycles. The molecule has 0 aliphatic rings. The fraction of sp³-hybridized carbons (Fsp3) is 0.316. The van der Waals surface area contributed by atoms with Gasteiger partial charge in [0.25, 0.3) is 0 Å². The highest BCUT2D eigenvalue weighted by Crippen LogP contribution is 2.27. The van der Waals surface area contributed by atoms with E-state index in [0.717, 1.165) is 23.4 Å². The van der Waals surface area contributed by atoms with Crippen LogP contribution in [0.3, 0.4) is 0 Å². The molecule has 0 amide bonds. The summed E-state index contributed by atoms with van der Waals surface area (Å²) in [5.74, 6) is 0. The molecule has 0 radical (unpaired) electrons. The van der Waals surface area contributed by atoms with Crippen LogP contribution in [0.5, 0.6) is 0 Å². The van der Waals surface area contributed by atoms with E-state index in [1.807, 2.05) is 38.1 Å². The van der Waals surface area contributed by atoms with Crippen molar-refractivity contribution in [2.75, 3.05) is 26.0 Å². The summed E-state index contributed by atoms with van der Waals surface area (Å²) in [6, 6.07) is 14.4. The average molecular weight is 362 g/mol. The van der Waals surface area contributed by atoms with Gasteiger partial charge in [-0.15, -0.1) is 0 Å². The first-order valence-electron chi connectivity index (χ1n) is 7.90. The number of thiocarbonyl (C=S) groups is 1. The standard InChI is InChI=1S/C19H24ClN3S/c1-13-10-14(2)18(16(20)11-13)22-19(24)21-17(12-23(3)4)15-8-6-5-7-9-15/h5-11,17H,12H2,1-4H3,(H2,21,22,24)/t17-/m1/s1. The number of benzene rings is 2. The number of nitrogens with zero attached hydrogens (tertiary/aromatic N) is 1. The number of hydrogen-bond donors (Lipinski definition) is 2. The van der Waals surface area contributed by atoms with Crippen LogP contribution in [0.15, 0.2) is 42.5 Å². The summed E-state index contributed by atoms with van der Waals surface area (Å²) in [7, 11) is 4.10. The molecule has 2 aromatic rings. The Morgan fingerprint density at radius 1 is 1.17 bits per heavy atom. The minimum Gasteiger partial charge on any atom is -0.354 e. The molecule has 0 aliphatic heterocycles. The molecule has 0 unspecified atom stereocenters. The third kappa shape index (κ3) is 5.20. The third-order valence-corrected chi connectivity index (χ3v) is 4.24.